The molecule has 2 unspecified atom stereocenters. The van der Waals surface area contributed by atoms with Gasteiger partial charge >= 0.3 is 0 Å². The lowest BCUT2D eigenvalue weighted by Crippen LogP contribution is -2.18. The van der Waals surface area contributed by atoms with Gasteiger partial charge in [-0.25, -0.2) is 0 Å². The molecule has 0 aromatic heterocycles. The predicted molar refractivity (Wildman–Crippen MR) is 65.4 cm³/mol. The highest BCUT2D eigenvalue weighted by Crippen LogP contribution is 2.20. The van der Waals surface area contributed by atoms with Gasteiger partial charge in [-0.3, -0.25) is 0 Å². The molecule has 1 aromatic carbocycles. The van der Waals surface area contributed by atoms with Gasteiger partial charge in [-0.15, -0.1) is 0 Å². The SMILES string of the molecule is CCC(C)(O)N=NC(C)c1ccc(C)cc1. The maximum atomic E-state index is 9.70. The van der Waals surface area contributed by atoms with Crippen molar-refractivity contribution in [2.75, 3.05) is 0 Å². The summed E-state index contributed by atoms with van der Waals surface area (Å²) < 4.78 is 0. The monoisotopic (exact) mass is 220 g/mol. The second-order valence-electron chi connectivity index (χ2n) is 4.37. The molecule has 0 amide bonds. The van der Waals surface area contributed by atoms with Crippen LogP contribution in [0.1, 0.15) is 44.4 Å². The van der Waals surface area contributed by atoms with Crippen LogP contribution in [0.2, 0.25) is 0 Å². The smallest absolute Gasteiger partial charge is 0.172 e. The van der Waals surface area contributed by atoms with Gasteiger partial charge in [0.25, 0.3) is 0 Å². The lowest BCUT2D eigenvalue weighted by Gasteiger charge is -2.15. The Morgan fingerprint density at radius 1 is 1.31 bits per heavy atom. The summed E-state index contributed by atoms with van der Waals surface area (Å²) in [5.74, 6) is 0. The van der Waals surface area contributed by atoms with Crippen LogP contribution in [0.25, 0.3) is 0 Å². The van der Waals surface area contributed by atoms with Crippen molar-refractivity contribution in [3.8, 4) is 0 Å². The van der Waals surface area contributed by atoms with E-state index in [-0.39, 0.29) is 6.04 Å². The van der Waals surface area contributed by atoms with Crippen LogP contribution in [0.5, 0.6) is 0 Å². The summed E-state index contributed by atoms with van der Waals surface area (Å²) >= 11 is 0. The first kappa shape index (κ1) is 12.8. The third-order valence-corrected chi connectivity index (χ3v) is 2.68. The van der Waals surface area contributed by atoms with Crippen molar-refractivity contribution in [3.05, 3.63) is 35.4 Å². The van der Waals surface area contributed by atoms with Crippen molar-refractivity contribution in [1.29, 1.82) is 0 Å². The molecule has 1 rings (SSSR count). The molecule has 0 aliphatic carbocycles. The van der Waals surface area contributed by atoms with E-state index in [9.17, 15) is 5.11 Å². The van der Waals surface area contributed by atoms with E-state index < -0.39 is 5.72 Å². The lowest BCUT2D eigenvalue weighted by atomic mass is 10.1. The molecule has 3 nitrogen and oxygen atoms in total. The van der Waals surface area contributed by atoms with Gasteiger partial charge in [0.05, 0.1) is 6.04 Å². The van der Waals surface area contributed by atoms with Crippen molar-refractivity contribution in [3.63, 3.8) is 0 Å². The van der Waals surface area contributed by atoms with E-state index >= 15 is 0 Å². The van der Waals surface area contributed by atoms with E-state index in [4.69, 9.17) is 0 Å². The fraction of sp³-hybridized carbons (Fsp3) is 0.538. The summed E-state index contributed by atoms with van der Waals surface area (Å²) in [5, 5.41) is 17.8. The van der Waals surface area contributed by atoms with Gasteiger partial charge in [0.15, 0.2) is 5.72 Å². The fourth-order valence-electron chi connectivity index (χ4n) is 1.19. The summed E-state index contributed by atoms with van der Waals surface area (Å²) in [7, 11) is 0. The molecule has 0 saturated carbocycles. The quantitative estimate of drug-likeness (QED) is 0.774. The van der Waals surface area contributed by atoms with Gasteiger partial charge in [0.1, 0.15) is 0 Å². The molecule has 1 N–H and O–H groups in total. The van der Waals surface area contributed by atoms with Gasteiger partial charge < -0.3 is 5.11 Å². The number of aryl methyl sites for hydroxylation is 1. The Morgan fingerprint density at radius 3 is 2.38 bits per heavy atom. The van der Waals surface area contributed by atoms with Crippen LogP contribution in [0, 0.1) is 6.92 Å². The molecule has 0 aliphatic rings. The van der Waals surface area contributed by atoms with Crippen molar-refractivity contribution in [1.82, 2.24) is 0 Å². The van der Waals surface area contributed by atoms with Gasteiger partial charge in [0, 0.05) is 0 Å². The molecular formula is C13H20N2O. The molecule has 0 heterocycles. The van der Waals surface area contributed by atoms with Gasteiger partial charge in [-0.2, -0.15) is 10.2 Å². The van der Waals surface area contributed by atoms with Crippen LogP contribution in [0.15, 0.2) is 34.5 Å². The van der Waals surface area contributed by atoms with E-state index in [0.717, 1.165) is 5.56 Å². The van der Waals surface area contributed by atoms with Crippen molar-refractivity contribution < 1.29 is 5.11 Å². The molecule has 0 aliphatic heterocycles. The molecule has 88 valence electrons. The van der Waals surface area contributed by atoms with Crippen molar-refractivity contribution in [2.24, 2.45) is 10.2 Å². The fourth-order valence-corrected chi connectivity index (χ4v) is 1.19. The highest BCUT2D eigenvalue weighted by atomic mass is 16.3. The van der Waals surface area contributed by atoms with E-state index in [0.29, 0.717) is 6.42 Å². The third-order valence-electron chi connectivity index (χ3n) is 2.68. The van der Waals surface area contributed by atoms with Crippen LogP contribution in [0.3, 0.4) is 0 Å². The van der Waals surface area contributed by atoms with Crippen LogP contribution in [-0.4, -0.2) is 10.8 Å². The number of hydrogen-bond acceptors (Lipinski definition) is 3. The molecule has 3 heteroatoms. The number of benzene rings is 1. The molecule has 1 aromatic rings. The second-order valence-corrected chi connectivity index (χ2v) is 4.37. The Kier molecular flexibility index (Phi) is 4.19. The zero-order chi connectivity index (χ0) is 12.2. The Morgan fingerprint density at radius 2 is 1.88 bits per heavy atom. The Bertz CT molecular complexity index is 355. The first-order valence-electron chi connectivity index (χ1n) is 5.65. The Hall–Kier alpha value is -1.22. The third kappa shape index (κ3) is 3.74. The number of azo groups is 1. The number of nitrogens with zero attached hydrogens (tertiary/aromatic N) is 2. The zero-order valence-electron chi connectivity index (χ0n) is 10.4. The minimum absolute atomic E-state index is 0.0152. The second kappa shape index (κ2) is 5.21. The molecule has 0 fully saturated rings. The number of aliphatic hydroxyl groups is 1. The summed E-state index contributed by atoms with van der Waals surface area (Å²) in [5.41, 5.74) is 1.30. The van der Waals surface area contributed by atoms with Crippen LogP contribution < -0.4 is 0 Å². The summed E-state index contributed by atoms with van der Waals surface area (Å²) in [6.07, 6.45) is 0.567. The average molecular weight is 220 g/mol. The van der Waals surface area contributed by atoms with Gasteiger partial charge in [-0.1, -0.05) is 36.8 Å². The largest absolute Gasteiger partial charge is 0.368 e. The van der Waals surface area contributed by atoms with E-state index in [1.54, 1.807) is 6.92 Å². The average Bonchev–Trinajstić information content (AvgIpc) is 2.27. The normalized spacial score (nSPS) is 17.3. The topological polar surface area (TPSA) is 45.0 Å². The number of hydrogen-bond donors (Lipinski definition) is 1. The van der Waals surface area contributed by atoms with Crippen molar-refractivity contribution >= 4 is 0 Å². The first-order valence-corrected chi connectivity index (χ1v) is 5.65. The van der Waals surface area contributed by atoms with Crippen LogP contribution in [0.4, 0.5) is 0 Å². The van der Waals surface area contributed by atoms with Crippen LogP contribution >= 0.6 is 0 Å². The molecular weight excluding hydrogens is 200 g/mol. The Balaban J connectivity index is 2.72. The van der Waals surface area contributed by atoms with Gasteiger partial charge in [0.2, 0.25) is 0 Å². The van der Waals surface area contributed by atoms with E-state index in [2.05, 4.69) is 29.3 Å². The molecule has 0 saturated heterocycles. The van der Waals surface area contributed by atoms with Crippen LogP contribution in [-0.2, 0) is 0 Å². The van der Waals surface area contributed by atoms with Crippen molar-refractivity contribution in [2.45, 2.75) is 45.9 Å². The van der Waals surface area contributed by atoms with E-state index in [1.807, 2.05) is 26.0 Å². The lowest BCUT2D eigenvalue weighted by molar-refractivity contribution is 0.0561. The highest BCUT2D eigenvalue weighted by molar-refractivity contribution is 5.23. The first-order chi connectivity index (χ1) is 7.44. The molecule has 0 radical (unpaired) electrons. The summed E-state index contributed by atoms with van der Waals surface area (Å²) in [6, 6.07) is 8.18. The summed E-state index contributed by atoms with van der Waals surface area (Å²) in [6.45, 7) is 7.58. The molecule has 0 bridgehead atoms. The molecule has 16 heavy (non-hydrogen) atoms. The number of rotatable bonds is 4. The Labute approximate surface area is 97.2 Å². The minimum atomic E-state index is -1.04. The predicted octanol–water partition coefficient (Wildman–Crippen LogP) is 3.63. The molecule has 2 atom stereocenters. The molecule has 0 spiro atoms. The highest BCUT2D eigenvalue weighted by Gasteiger charge is 2.16. The maximum absolute atomic E-state index is 9.70. The zero-order valence-corrected chi connectivity index (χ0v) is 10.4. The van der Waals surface area contributed by atoms with E-state index in [1.165, 1.54) is 5.56 Å². The van der Waals surface area contributed by atoms with Gasteiger partial charge in [-0.05, 0) is 32.8 Å². The maximum Gasteiger partial charge on any atom is 0.172 e. The standard InChI is InChI=1S/C13H20N2O/c1-5-13(4,16)15-14-11(3)12-8-6-10(2)7-9-12/h6-9,11,16H,5H2,1-4H3. The minimum Gasteiger partial charge on any atom is -0.368 e. The summed E-state index contributed by atoms with van der Waals surface area (Å²) in [4.78, 5) is 0.